The topological polar surface area (TPSA) is 102 Å². The summed E-state index contributed by atoms with van der Waals surface area (Å²) in [4.78, 5) is 61.4. The van der Waals surface area contributed by atoms with Crippen LogP contribution in [-0.4, -0.2) is 63.7 Å². The number of carbonyl (C=O) groups excluding carboxylic acids is 3. The van der Waals surface area contributed by atoms with Gasteiger partial charge >= 0.3 is 4.87 Å². The molecule has 0 aliphatic carbocycles. The Labute approximate surface area is 221 Å². The van der Waals surface area contributed by atoms with Crippen molar-refractivity contribution in [3.8, 4) is 0 Å². The highest BCUT2D eigenvalue weighted by Gasteiger charge is 2.56. The van der Waals surface area contributed by atoms with Crippen LogP contribution in [0.1, 0.15) is 21.9 Å². The number of benzene rings is 1. The van der Waals surface area contributed by atoms with E-state index in [1.807, 2.05) is 25.1 Å². The van der Waals surface area contributed by atoms with Gasteiger partial charge in [-0.2, -0.15) is 0 Å². The van der Waals surface area contributed by atoms with Gasteiger partial charge in [0.05, 0.1) is 29.8 Å². The van der Waals surface area contributed by atoms with Crippen LogP contribution >= 0.6 is 23.1 Å². The van der Waals surface area contributed by atoms with Crippen molar-refractivity contribution in [1.82, 2.24) is 14.5 Å². The number of rotatable bonds is 4. The number of thiazole rings is 1. The maximum atomic E-state index is 13.8. The highest BCUT2D eigenvalue weighted by Crippen LogP contribution is 2.53. The second-order valence-corrected chi connectivity index (χ2v) is 11.4. The molecule has 0 N–H and O–H groups in total. The van der Waals surface area contributed by atoms with Crippen LogP contribution in [0.25, 0.3) is 0 Å². The molecule has 2 unspecified atom stereocenters. The lowest BCUT2D eigenvalue weighted by molar-refractivity contribution is -0.136. The molecule has 37 heavy (non-hydrogen) atoms. The SMILES string of the molecule is Cc1ccc(N2C(=O)C3Sc4c(sc(=O)n4CC(=O)N4CCOCC4)[C@@H](c4cccnc4)C3C2=O)cc1. The molecule has 0 radical (unpaired) electrons. The van der Waals surface area contributed by atoms with E-state index in [1.165, 1.54) is 21.2 Å². The Morgan fingerprint density at radius 1 is 1.08 bits per heavy atom. The number of amides is 3. The number of anilines is 1. The van der Waals surface area contributed by atoms with Gasteiger partial charge in [-0.3, -0.25) is 28.7 Å². The number of hydrogen-bond donors (Lipinski definition) is 0. The van der Waals surface area contributed by atoms with Gasteiger partial charge in [0.2, 0.25) is 17.7 Å². The predicted octanol–water partition coefficient (Wildman–Crippen LogP) is 2.27. The molecule has 0 spiro atoms. The third-order valence-corrected chi connectivity index (χ3v) is 9.65. The summed E-state index contributed by atoms with van der Waals surface area (Å²) in [5, 5.41) is -0.135. The fourth-order valence-corrected chi connectivity index (χ4v) is 7.94. The molecule has 3 aliphatic heterocycles. The summed E-state index contributed by atoms with van der Waals surface area (Å²) in [7, 11) is 0. The first-order valence-electron chi connectivity index (χ1n) is 12.0. The third-order valence-electron chi connectivity index (χ3n) is 7.04. The van der Waals surface area contributed by atoms with Gasteiger partial charge in [-0.1, -0.05) is 46.9 Å². The molecule has 11 heteroatoms. The minimum absolute atomic E-state index is 0.112. The summed E-state index contributed by atoms with van der Waals surface area (Å²) >= 11 is 2.26. The normalized spacial score (nSPS) is 23.2. The molecule has 1 aromatic carbocycles. The Morgan fingerprint density at radius 3 is 2.54 bits per heavy atom. The van der Waals surface area contributed by atoms with Gasteiger partial charge in [0, 0.05) is 36.3 Å². The van der Waals surface area contributed by atoms with Gasteiger partial charge in [0.25, 0.3) is 0 Å². The summed E-state index contributed by atoms with van der Waals surface area (Å²) < 4.78 is 6.81. The molecule has 190 valence electrons. The number of pyridine rings is 1. The lowest BCUT2D eigenvalue weighted by atomic mass is 9.84. The predicted molar refractivity (Wildman–Crippen MR) is 139 cm³/mol. The van der Waals surface area contributed by atoms with Crippen molar-refractivity contribution in [3.63, 3.8) is 0 Å². The van der Waals surface area contributed by atoms with E-state index in [1.54, 1.807) is 35.5 Å². The number of imide groups is 1. The quantitative estimate of drug-likeness (QED) is 0.472. The fourth-order valence-electron chi connectivity index (χ4n) is 5.17. The van der Waals surface area contributed by atoms with Crippen molar-refractivity contribution < 1.29 is 19.1 Å². The summed E-state index contributed by atoms with van der Waals surface area (Å²) in [6, 6.07) is 10.9. The van der Waals surface area contributed by atoms with Crippen molar-refractivity contribution >= 4 is 46.5 Å². The van der Waals surface area contributed by atoms with E-state index in [9.17, 15) is 19.2 Å². The number of carbonyl (C=O) groups is 3. The molecular formula is C26H24N4O5S2. The second-order valence-electron chi connectivity index (χ2n) is 9.29. The van der Waals surface area contributed by atoms with E-state index in [4.69, 9.17) is 4.74 Å². The molecule has 3 aromatic rings. The molecule has 3 aliphatic rings. The van der Waals surface area contributed by atoms with Gasteiger partial charge in [-0.05, 0) is 30.7 Å². The first-order chi connectivity index (χ1) is 17.9. The number of aromatic nitrogens is 2. The van der Waals surface area contributed by atoms with Crippen LogP contribution in [0.4, 0.5) is 5.69 Å². The lowest BCUT2D eigenvalue weighted by Gasteiger charge is -2.31. The molecular weight excluding hydrogens is 512 g/mol. The molecule has 3 atom stereocenters. The summed E-state index contributed by atoms with van der Waals surface area (Å²) in [6.07, 6.45) is 3.33. The number of hydrogen-bond acceptors (Lipinski definition) is 8. The van der Waals surface area contributed by atoms with Crippen LogP contribution in [0.2, 0.25) is 0 Å². The molecule has 2 fully saturated rings. The van der Waals surface area contributed by atoms with Crippen molar-refractivity contribution in [2.75, 3.05) is 31.2 Å². The first kappa shape index (κ1) is 24.1. The monoisotopic (exact) mass is 536 g/mol. The fraction of sp³-hybridized carbons (Fsp3) is 0.346. The summed E-state index contributed by atoms with van der Waals surface area (Å²) in [5.41, 5.74) is 2.32. The first-order valence-corrected chi connectivity index (χ1v) is 13.7. The number of aryl methyl sites for hydroxylation is 1. The zero-order valence-corrected chi connectivity index (χ0v) is 21.7. The van der Waals surface area contributed by atoms with Gasteiger partial charge in [0.15, 0.2) is 0 Å². The molecule has 5 heterocycles. The largest absolute Gasteiger partial charge is 0.378 e. The van der Waals surface area contributed by atoms with Crippen LogP contribution in [0, 0.1) is 12.8 Å². The van der Waals surface area contributed by atoms with Crippen molar-refractivity contribution in [2.24, 2.45) is 5.92 Å². The Bertz CT molecular complexity index is 1430. The van der Waals surface area contributed by atoms with E-state index in [0.717, 1.165) is 22.5 Å². The van der Waals surface area contributed by atoms with E-state index in [-0.39, 0.29) is 29.1 Å². The lowest BCUT2D eigenvalue weighted by Crippen LogP contribution is -2.43. The zero-order chi connectivity index (χ0) is 25.7. The Kier molecular flexibility index (Phi) is 6.21. The molecule has 6 rings (SSSR count). The maximum absolute atomic E-state index is 13.8. The minimum atomic E-state index is -0.717. The van der Waals surface area contributed by atoms with E-state index < -0.39 is 17.1 Å². The van der Waals surface area contributed by atoms with Crippen molar-refractivity contribution in [2.45, 2.75) is 29.7 Å². The Hall–Kier alpha value is -3.28. The summed E-state index contributed by atoms with van der Waals surface area (Å²) in [5.74, 6) is -1.96. The highest BCUT2D eigenvalue weighted by atomic mass is 32.2. The van der Waals surface area contributed by atoms with Gasteiger partial charge < -0.3 is 9.64 Å². The molecule has 3 amide bonds. The van der Waals surface area contributed by atoms with Gasteiger partial charge in [-0.15, -0.1) is 0 Å². The molecule has 9 nitrogen and oxygen atoms in total. The van der Waals surface area contributed by atoms with Crippen LogP contribution < -0.4 is 9.77 Å². The minimum Gasteiger partial charge on any atom is -0.378 e. The number of morpholine rings is 1. The number of ether oxygens (including phenoxy) is 1. The molecule has 0 saturated carbocycles. The maximum Gasteiger partial charge on any atom is 0.308 e. The second kappa shape index (κ2) is 9.55. The van der Waals surface area contributed by atoms with E-state index in [0.29, 0.717) is 41.9 Å². The Morgan fingerprint density at radius 2 is 1.84 bits per heavy atom. The van der Waals surface area contributed by atoms with E-state index >= 15 is 0 Å². The summed E-state index contributed by atoms with van der Waals surface area (Å²) in [6.45, 7) is 3.73. The highest BCUT2D eigenvalue weighted by molar-refractivity contribution is 8.00. The van der Waals surface area contributed by atoms with Gasteiger partial charge in [-0.25, -0.2) is 4.90 Å². The van der Waals surface area contributed by atoms with Crippen LogP contribution in [0.15, 0.2) is 58.6 Å². The third kappa shape index (κ3) is 4.11. The van der Waals surface area contributed by atoms with Crippen LogP contribution in [0.3, 0.4) is 0 Å². The number of fused-ring (bicyclic) bond motifs is 2. The average Bonchev–Trinajstić information content (AvgIpc) is 3.36. The van der Waals surface area contributed by atoms with Crippen LogP contribution in [0.5, 0.6) is 0 Å². The average molecular weight is 537 g/mol. The zero-order valence-electron chi connectivity index (χ0n) is 20.0. The molecule has 2 saturated heterocycles. The van der Waals surface area contributed by atoms with Crippen LogP contribution in [-0.2, 0) is 25.7 Å². The molecule has 2 aromatic heterocycles. The smallest absolute Gasteiger partial charge is 0.308 e. The number of thioether (sulfide) groups is 1. The van der Waals surface area contributed by atoms with Gasteiger partial charge in [0.1, 0.15) is 11.8 Å². The Balaban J connectivity index is 1.42. The standard InChI is InChI=1S/C26H24N4O5S2/c1-15-4-6-17(7-5-15)30-23(32)20-19(16-3-2-8-27-13-16)22-25(36-21(20)24(30)33)29(26(34)37-22)14-18(31)28-9-11-35-12-10-28/h2-8,13,19-21H,9-12,14H2,1H3/t19-,20?,21?/m0/s1. The molecule has 0 bridgehead atoms. The van der Waals surface area contributed by atoms with Crippen molar-refractivity contribution in [3.05, 3.63) is 74.5 Å². The number of nitrogens with zero attached hydrogens (tertiary/aromatic N) is 4. The van der Waals surface area contributed by atoms with Crippen molar-refractivity contribution in [1.29, 1.82) is 0 Å². The van der Waals surface area contributed by atoms with E-state index in [2.05, 4.69) is 4.98 Å².